The monoisotopic (exact) mass is 318 g/mol. The van der Waals surface area contributed by atoms with Crippen LogP contribution in [-0.4, -0.2) is 36.9 Å². The van der Waals surface area contributed by atoms with Gasteiger partial charge in [0.1, 0.15) is 10.6 Å². The molecule has 0 aromatic carbocycles. The minimum atomic E-state index is -3.81. The van der Waals surface area contributed by atoms with Crippen LogP contribution >= 0.6 is 10.7 Å². The number of amides is 1. The third-order valence-electron chi connectivity index (χ3n) is 3.84. The molecule has 1 aromatic heterocycles. The molecule has 1 amide bonds. The summed E-state index contributed by atoms with van der Waals surface area (Å²) < 4.78 is 24.7. The summed E-state index contributed by atoms with van der Waals surface area (Å²) in [5.41, 5.74) is 0.414. The lowest BCUT2D eigenvalue weighted by Gasteiger charge is -2.30. The first-order chi connectivity index (χ1) is 9.38. The van der Waals surface area contributed by atoms with Crippen LogP contribution in [-0.2, 0) is 9.05 Å². The van der Waals surface area contributed by atoms with Gasteiger partial charge in [-0.3, -0.25) is 4.79 Å². The molecule has 1 fully saturated rings. The summed E-state index contributed by atoms with van der Waals surface area (Å²) in [6, 6.07) is 1.60. The SMILES string of the molecule is CCN(CC)C(=O)c1cc(S(=O)(=O)Cl)cn1C1CCC1. The minimum absolute atomic E-state index is 0.00146. The van der Waals surface area contributed by atoms with Crippen molar-refractivity contribution in [2.75, 3.05) is 13.1 Å². The lowest BCUT2D eigenvalue weighted by Crippen LogP contribution is -2.33. The number of carbonyl (C=O) groups excluding carboxylic acids is 1. The van der Waals surface area contributed by atoms with Crippen LogP contribution in [0.3, 0.4) is 0 Å². The Morgan fingerprint density at radius 2 is 2.00 bits per heavy atom. The number of hydrogen-bond donors (Lipinski definition) is 0. The van der Waals surface area contributed by atoms with Gasteiger partial charge in [-0.2, -0.15) is 0 Å². The molecule has 7 heteroatoms. The Bertz CT molecular complexity index is 601. The molecule has 1 heterocycles. The van der Waals surface area contributed by atoms with E-state index in [1.54, 1.807) is 9.47 Å². The van der Waals surface area contributed by atoms with Gasteiger partial charge >= 0.3 is 0 Å². The Labute approximate surface area is 123 Å². The molecule has 1 aromatic rings. The van der Waals surface area contributed by atoms with Crippen molar-refractivity contribution in [3.63, 3.8) is 0 Å². The molecular formula is C13H19ClN2O3S. The van der Waals surface area contributed by atoms with E-state index in [1.807, 2.05) is 13.8 Å². The highest BCUT2D eigenvalue weighted by Crippen LogP contribution is 2.35. The van der Waals surface area contributed by atoms with Crippen molar-refractivity contribution >= 4 is 25.6 Å². The number of aromatic nitrogens is 1. The summed E-state index contributed by atoms with van der Waals surface area (Å²) in [6.07, 6.45) is 4.53. The maximum Gasteiger partial charge on any atom is 0.270 e. The summed E-state index contributed by atoms with van der Waals surface area (Å²) in [5, 5.41) is 0. The van der Waals surface area contributed by atoms with Gasteiger partial charge in [-0.25, -0.2) is 8.42 Å². The average molecular weight is 319 g/mol. The summed E-state index contributed by atoms with van der Waals surface area (Å²) in [5.74, 6) is -0.145. The van der Waals surface area contributed by atoms with Gasteiger partial charge in [-0.15, -0.1) is 0 Å². The quantitative estimate of drug-likeness (QED) is 0.784. The number of halogens is 1. The predicted octanol–water partition coefficient (Wildman–Crippen LogP) is 2.62. The highest BCUT2D eigenvalue weighted by molar-refractivity contribution is 8.13. The molecule has 0 bridgehead atoms. The summed E-state index contributed by atoms with van der Waals surface area (Å²) in [4.78, 5) is 14.2. The Hall–Kier alpha value is -1.01. The van der Waals surface area contributed by atoms with Gasteiger partial charge in [-0.05, 0) is 39.2 Å². The second-order valence-electron chi connectivity index (χ2n) is 4.97. The van der Waals surface area contributed by atoms with E-state index in [0.29, 0.717) is 18.8 Å². The van der Waals surface area contributed by atoms with E-state index < -0.39 is 9.05 Å². The third-order valence-corrected chi connectivity index (χ3v) is 5.16. The predicted molar refractivity (Wildman–Crippen MR) is 77.6 cm³/mol. The van der Waals surface area contributed by atoms with E-state index in [9.17, 15) is 13.2 Å². The van der Waals surface area contributed by atoms with Crippen LogP contribution in [0.2, 0.25) is 0 Å². The first-order valence-corrected chi connectivity index (χ1v) is 9.15. The fourth-order valence-electron chi connectivity index (χ4n) is 2.40. The Morgan fingerprint density at radius 1 is 1.40 bits per heavy atom. The Kier molecular flexibility index (Phi) is 4.44. The lowest BCUT2D eigenvalue weighted by atomic mass is 9.93. The molecule has 1 aliphatic rings. The number of carbonyl (C=O) groups is 1. The van der Waals surface area contributed by atoms with Gasteiger partial charge in [0.05, 0.1) is 0 Å². The van der Waals surface area contributed by atoms with Crippen molar-refractivity contribution in [1.29, 1.82) is 0 Å². The molecule has 2 rings (SSSR count). The van der Waals surface area contributed by atoms with Gasteiger partial charge in [0.2, 0.25) is 0 Å². The van der Waals surface area contributed by atoms with Gasteiger partial charge in [0.15, 0.2) is 0 Å². The highest BCUT2D eigenvalue weighted by atomic mass is 35.7. The molecule has 112 valence electrons. The van der Waals surface area contributed by atoms with Crippen LogP contribution in [0.1, 0.15) is 49.6 Å². The average Bonchev–Trinajstić information content (AvgIpc) is 2.72. The second-order valence-corrected chi connectivity index (χ2v) is 7.53. The van der Waals surface area contributed by atoms with Crippen LogP contribution in [0, 0.1) is 0 Å². The van der Waals surface area contributed by atoms with Crippen molar-refractivity contribution in [2.45, 2.75) is 44.0 Å². The molecule has 20 heavy (non-hydrogen) atoms. The zero-order chi connectivity index (χ0) is 14.9. The maximum absolute atomic E-state index is 12.5. The van der Waals surface area contributed by atoms with Gasteiger partial charge < -0.3 is 9.47 Å². The normalized spacial score (nSPS) is 15.9. The molecule has 0 radical (unpaired) electrons. The largest absolute Gasteiger partial charge is 0.339 e. The molecule has 0 atom stereocenters. The summed E-state index contributed by atoms with van der Waals surface area (Å²) >= 11 is 0. The van der Waals surface area contributed by atoms with E-state index in [1.165, 1.54) is 12.3 Å². The first-order valence-electron chi connectivity index (χ1n) is 6.84. The minimum Gasteiger partial charge on any atom is -0.339 e. The topological polar surface area (TPSA) is 59.4 Å². The maximum atomic E-state index is 12.5. The number of nitrogens with zero attached hydrogens (tertiary/aromatic N) is 2. The molecule has 0 N–H and O–H groups in total. The van der Waals surface area contributed by atoms with Crippen LogP contribution in [0.25, 0.3) is 0 Å². The van der Waals surface area contributed by atoms with Crippen molar-refractivity contribution in [2.24, 2.45) is 0 Å². The van der Waals surface area contributed by atoms with E-state index in [4.69, 9.17) is 10.7 Å². The van der Waals surface area contributed by atoms with Crippen molar-refractivity contribution in [3.8, 4) is 0 Å². The molecule has 5 nitrogen and oxygen atoms in total. The standard InChI is InChI=1S/C13H19ClN2O3S/c1-3-15(4-2)13(17)12-8-11(20(14,18)19)9-16(12)10-6-5-7-10/h8-10H,3-7H2,1-2H3. The zero-order valence-electron chi connectivity index (χ0n) is 11.7. The number of hydrogen-bond acceptors (Lipinski definition) is 3. The molecule has 0 aliphatic heterocycles. The first kappa shape index (κ1) is 15.4. The van der Waals surface area contributed by atoms with Crippen LogP contribution in [0.4, 0.5) is 0 Å². The van der Waals surface area contributed by atoms with Crippen LogP contribution in [0.5, 0.6) is 0 Å². The Morgan fingerprint density at radius 3 is 2.40 bits per heavy atom. The molecule has 1 aliphatic carbocycles. The second kappa shape index (κ2) is 5.77. The summed E-state index contributed by atoms with van der Waals surface area (Å²) in [6.45, 7) is 4.98. The number of rotatable bonds is 5. The Balaban J connectivity index is 2.44. The van der Waals surface area contributed by atoms with Crippen LogP contribution < -0.4 is 0 Å². The van der Waals surface area contributed by atoms with E-state index in [-0.39, 0.29) is 16.8 Å². The molecule has 0 spiro atoms. The fraction of sp³-hybridized carbons (Fsp3) is 0.615. The molecule has 0 unspecified atom stereocenters. The van der Waals surface area contributed by atoms with Crippen molar-refractivity contribution in [3.05, 3.63) is 18.0 Å². The van der Waals surface area contributed by atoms with Gasteiger partial charge in [0, 0.05) is 36.0 Å². The zero-order valence-corrected chi connectivity index (χ0v) is 13.2. The van der Waals surface area contributed by atoms with Crippen molar-refractivity contribution in [1.82, 2.24) is 9.47 Å². The van der Waals surface area contributed by atoms with E-state index in [0.717, 1.165) is 19.3 Å². The van der Waals surface area contributed by atoms with Crippen LogP contribution in [0.15, 0.2) is 17.2 Å². The van der Waals surface area contributed by atoms with Crippen molar-refractivity contribution < 1.29 is 13.2 Å². The highest BCUT2D eigenvalue weighted by Gasteiger charge is 2.28. The molecule has 1 saturated carbocycles. The smallest absolute Gasteiger partial charge is 0.270 e. The fourth-order valence-corrected chi connectivity index (χ4v) is 3.14. The summed E-state index contributed by atoms with van der Waals surface area (Å²) in [7, 11) is 1.58. The molecular weight excluding hydrogens is 300 g/mol. The van der Waals surface area contributed by atoms with E-state index >= 15 is 0 Å². The molecule has 0 saturated heterocycles. The van der Waals surface area contributed by atoms with Gasteiger partial charge in [-0.1, -0.05) is 0 Å². The third kappa shape index (κ3) is 2.86. The van der Waals surface area contributed by atoms with E-state index in [2.05, 4.69) is 0 Å². The van der Waals surface area contributed by atoms with Gasteiger partial charge in [0.25, 0.3) is 15.0 Å². The lowest BCUT2D eigenvalue weighted by molar-refractivity contribution is 0.0756.